The van der Waals surface area contributed by atoms with Gasteiger partial charge in [0.15, 0.2) is 5.82 Å². The molecule has 0 spiro atoms. The second-order valence-corrected chi connectivity index (χ2v) is 3.55. The van der Waals surface area contributed by atoms with Gasteiger partial charge in [0.05, 0.1) is 25.0 Å². The molecule has 1 atom stereocenters. The summed E-state index contributed by atoms with van der Waals surface area (Å²) in [7, 11) is 1.72. The molecule has 0 saturated carbocycles. The van der Waals surface area contributed by atoms with Gasteiger partial charge >= 0.3 is 0 Å². The highest BCUT2D eigenvalue weighted by Gasteiger charge is 2.09. The van der Waals surface area contributed by atoms with Crippen molar-refractivity contribution in [2.24, 2.45) is 12.8 Å². The lowest BCUT2D eigenvalue weighted by molar-refractivity contribution is 0.607. The van der Waals surface area contributed by atoms with Crippen LogP contribution >= 0.6 is 0 Å². The predicted molar refractivity (Wildman–Crippen MR) is 55.1 cm³/mol. The summed E-state index contributed by atoms with van der Waals surface area (Å²) in [5.74, 6) is 0.601. The summed E-state index contributed by atoms with van der Waals surface area (Å²) in [6, 6.07) is -0.0661. The summed E-state index contributed by atoms with van der Waals surface area (Å²) in [4.78, 5) is 1.41. The predicted octanol–water partition coefficient (Wildman–Crippen LogP) is -0.740. The molecule has 0 saturated heterocycles. The van der Waals surface area contributed by atoms with Gasteiger partial charge in [-0.1, -0.05) is 12.1 Å². The minimum Gasteiger partial charge on any atom is -0.323 e. The average Bonchev–Trinajstić information content (AvgIpc) is 2.87. The van der Waals surface area contributed by atoms with Crippen LogP contribution in [0.2, 0.25) is 0 Å². The minimum atomic E-state index is -0.0661. The maximum absolute atomic E-state index is 5.84. The second kappa shape index (κ2) is 4.35. The fraction of sp³-hybridized carbons (Fsp3) is 0.625. The van der Waals surface area contributed by atoms with E-state index in [1.807, 2.05) is 13.1 Å². The molecule has 8 nitrogen and oxygen atoms in total. The molecule has 0 fully saturated rings. The fourth-order valence-corrected chi connectivity index (χ4v) is 1.30. The molecule has 0 aromatic carbocycles. The van der Waals surface area contributed by atoms with E-state index in [2.05, 4.69) is 25.7 Å². The van der Waals surface area contributed by atoms with Crippen LogP contribution in [-0.2, 0) is 13.6 Å². The molecular formula is C8H14N8. The van der Waals surface area contributed by atoms with Crippen LogP contribution < -0.4 is 5.73 Å². The van der Waals surface area contributed by atoms with Crippen LogP contribution in [0.1, 0.15) is 30.9 Å². The van der Waals surface area contributed by atoms with E-state index in [-0.39, 0.29) is 6.04 Å². The highest BCUT2D eigenvalue weighted by atomic mass is 15.6. The molecule has 0 aliphatic heterocycles. The van der Waals surface area contributed by atoms with Gasteiger partial charge in [0.25, 0.3) is 0 Å². The molecule has 16 heavy (non-hydrogen) atoms. The third-order valence-corrected chi connectivity index (χ3v) is 2.23. The highest BCUT2D eigenvalue weighted by molar-refractivity contribution is 4.99. The van der Waals surface area contributed by atoms with E-state index in [4.69, 9.17) is 5.73 Å². The van der Waals surface area contributed by atoms with E-state index in [1.54, 1.807) is 11.7 Å². The summed E-state index contributed by atoms with van der Waals surface area (Å²) in [5.41, 5.74) is 6.63. The van der Waals surface area contributed by atoms with E-state index in [0.29, 0.717) is 12.4 Å². The van der Waals surface area contributed by atoms with Gasteiger partial charge in [0.1, 0.15) is 6.54 Å². The van der Waals surface area contributed by atoms with Gasteiger partial charge < -0.3 is 5.73 Å². The quantitative estimate of drug-likeness (QED) is 0.731. The Morgan fingerprint density at radius 3 is 2.81 bits per heavy atom. The Labute approximate surface area is 92.4 Å². The SMILES string of the molecule is CCC(N)c1cn(Cc2nnn(C)n2)nn1. The molecule has 2 N–H and O–H groups in total. The molecule has 2 rings (SSSR count). The van der Waals surface area contributed by atoms with Gasteiger partial charge in [-0.3, -0.25) is 0 Å². The first-order valence-corrected chi connectivity index (χ1v) is 5.07. The Bertz CT molecular complexity index is 458. The van der Waals surface area contributed by atoms with Crippen LogP contribution in [0.5, 0.6) is 0 Å². The molecule has 2 heterocycles. The van der Waals surface area contributed by atoms with Crippen molar-refractivity contribution in [3.05, 3.63) is 17.7 Å². The normalized spacial score (nSPS) is 12.9. The smallest absolute Gasteiger partial charge is 0.196 e. The summed E-state index contributed by atoms with van der Waals surface area (Å²) in [5, 5.41) is 19.6. The largest absolute Gasteiger partial charge is 0.323 e. The first kappa shape index (κ1) is 10.7. The Morgan fingerprint density at radius 2 is 2.19 bits per heavy atom. The van der Waals surface area contributed by atoms with E-state index < -0.39 is 0 Å². The van der Waals surface area contributed by atoms with Crippen molar-refractivity contribution in [3.8, 4) is 0 Å². The molecule has 86 valence electrons. The summed E-state index contributed by atoms with van der Waals surface area (Å²) >= 11 is 0. The van der Waals surface area contributed by atoms with Crippen LogP contribution in [0.4, 0.5) is 0 Å². The number of aromatic nitrogens is 7. The van der Waals surface area contributed by atoms with Crippen LogP contribution in [0.25, 0.3) is 0 Å². The lowest BCUT2D eigenvalue weighted by Crippen LogP contribution is -2.09. The lowest BCUT2D eigenvalue weighted by Gasteiger charge is -2.01. The van der Waals surface area contributed by atoms with E-state index in [9.17, 15) is 0 Å². The number of tetrazole rings is 1. The van der Waals surface area contributed by atoms with Crippen LogP contribution in [0.3, 0.4) is 0 Å². The number of nitrogens with zero attached hydrogens (tertiary/aromatic N) is 7. The van der Waals surface area contributed by atoms with Crippen molar-refractivity contribution in [2.75, 3.05) is 0 Å². The number of hydrogen-bond acceptors (Lipinski definition) is 6. The number of nitrogens with two attached hydrogens (primary N) is 1. The van der Waals surface area contributed by atoms with Gasteiger partial charge in [-0.2, -0.15) is 4.80 Å². The average molecular weight is 222 g/mol. The Kier molecular flexibility index (Phi) is 2.91. The zero-order valence-corrected chi connectivity index (χ0v) is 9.28. The third-order valence-electron chi connectivity index (χ3n) is 2.23. The molecule has 1 unspecified atom stereocenters. The summed E-state index contributed by atoms with van der Waals surface area (Å²) < 4.78 is 1.65. The maximum atomic E-state index is 5.84. The monoisotopic (exact) mass is 222 g/mol. The van der Waals surface area contributed by atoms with Crippen molar-refractivity contribution < 1.29 is 0 Å². The van der Waals surface area contributed by atoms with Gasteiger partial charge in [0.2, 0.25) is 0 Å². The third kappa shape index (κ3) is 2.22. The Morgan fingerprint density at radius 1 is 1.38 bits per heavy atom. The molecule has 0 aliphatic rings. The Hall–Kier alpha value is -1.83. The molecule has 0 radical (unpaired) electrons. The van der Waals surface area contributed by atoms with Crippen LogP contribution in [-0.4, -0.2) is 35.2 Å². The topological polar surface area (TPSA) is 100 Å². The number of rotatable bonds is 4. The van der Waals surface area contributed by atoms with Gasteiger partial charge in [0, 0.05) is 0 Å². The standard InChI is InChI=1S/C8H14N8/c1-3-6(9)7-4-16(14-10-7)5-8-11-13-15(2)12-8/h4,6H,3,5,9H2,1-2H3. The first-order valence-electron chi connectivity index (χ1n) is 5.07. The van der Waals surface area contributed by atoms with Crippen molar-refractivity contribution in [2.45, 2.75) is 25.9 Å². The van der Waals surface area contributed by atoms with Gasteiger partial charge in [-0.25, -0.2) is 4.68 Å². The van der Waals surface area contributed by atoms with Crippen LogP contribution in [0, 0.1) is 0 Å². The highest BCUT2D eigenvalue weighted by Crippen LogP contribution is 2.09. The molecule has 0 bridgehead atoms. The van der Waals surface area contributed by atoms with Crippen molar-refractivity contribution >= 4 is 0 Å². The fourth-order valence-electron chi connectivity index (χ4n) is 1.30. The van der Waals surface area contributed by atoms with Crippen LogP contribution in [0.15, 0.2) is 6.20 Å². The van der Waals surface area contributed by atoms with E-state index in [1.165, 1.54) is 4.80 Å². The second-order valence-electron chi connectivity index (χ2n) is 3.55. The maximum Gasteiger partial charge on any atom is 0.196 e. The number of hydrogen-bond donors (Lipinski definition) is 1. The molecule has 8 heteroatoms. The van der Waals surface area contributed by atoms with Crippen molar-refractivity contribution in [1.82, 2.24) is 35.2 Å². The molecule has 0 aliphatic carbocycles. The summed E-state index contributed by atoms with van der Waals surface area (Å²) in [6.45, 7) is 2.46. The Balaban J connectivity index is 2.08. The molecule has 0 amide bonds. The van der Waals surface area contributed by atoms with Crippen molar-refractivity contribution in [1.29, 1.82) is 0 Å². The van der Waals surface area contributed by atoms with E-state index in [0.717, 1.165) is 12.1 Å². The molecular weight excluding hydrogens is 208 g/mol. The van der Waals surface area contributed by atoms with Gasteiger partial charge in [-0.05, 0) is 11.6 Å². The van der Waals surface area contributed by atoms with Crippen molar-refractivity contribution in [3.63, 3.8) is 0 Å². The van der Waals surface area contributed by atoms with Gasteiger partial charge in [-0.15, -0.1) is 15.3 Å². The zero-order valence-electron chi connectivity index (χ0n) is 9.28. The number of aryl methyl sites for hydroxylation is 1. The zero-order chi connectivity index (χ0) is 11.5. The van der Waals surface area contributed by atoms with E-state index >= 15 is 0 Å². The molecule has 2 aromatic rings. The molecule has 2 aromatic heterocycles. The first-order chi connectivity index (χ1) is 7.69. The minimum absolute atomic E-state index is 0.0661. The summed E-state index contributed by atoms with van der Waals surface area (Å²) in [6.07, 6.45) is 2.65. The lowest BCUT2D eigenvalue weighted by atomic mass is 10.2.